The fourth-order valence-electron chi connectivity index (χ4n) is 3.13. The molecule has 0 spiro atoms. The molecule has 0 bridgehead atoms. The maximum absolute atomic E-state index is 9.44. The number of nitrogens with one attached hydrogen (secondary N) is 1. The molecule has 1 saturated heterocycles. The lowest BCUT2D eigenvalue weighted by Gasteiger charge is -2.36. The molecule has 1 fully saturated rings. The van der Waals surface area contributed by atoms with E-state index in [1.165, 1.54) is 18.4 Å². The van der Waals surface area contributed by atoms with Crippen LogP contribution in [0.2, 0.25) is 0 Å². The van der Waals surface area contributed by atoms with Gasteiger partial charge in [0.25, 0.3) is 0 Å². The average Bonchev–Trinajstić information content (AvgIpc) is 2.94. The molecule has 3 nitrogen and oxygen atoms in total. The molecule has 1 aromatic carbocycles. The predicted octanol–water partition coefficient (Wildman–Crippen LogP) is 2.92. The highest BCUT2D eigenvalue weighted by atomic mass is 16.3. The van der Waals surface area contributed by atoms with Crippen LogP contribution in [0.3, 0.4) is 0 Å². The van der Waals surface area contributed by atoms with Crippen molar-refractivity contribution in [1.29, 1.82) is 0 Å². The van der Waals surface area contributed by atoms with Gasteiger partial charge in [0.15, 0.2) is 0 Å². The summed E-state index contributed by atoms with van der Waals surface area (Å²) in [4.78, 5) is 2.65. The fourth-order valence-corrected chi connectivity index (χ4v) is 3.13. The minimum absolute atomic E-state index is 0.350. The SMILES string of the molecule is CCCN(C1CCNC1)C(CC)c1ccc(O)cc1. The highest BCUT2D eigenvalue weighted by molar-refractivity contribution is 5.28. The third-order valence-corrected chi connectivity index (χ3v) is 4.05. The van der Waals surface area contributed by atoms with Gasteiger partial charge in [0, 0.05) is 18.6 Å². The largest absolute Gasteiger partial charge is 0.508 e. The highest BCUT2D eigenvalue weighted by Crippen LogP contribution is 2.29. The first kappa shape index (κ1) is 14.4. The summed E-state index contributed by atoms with van der Waals surface area (Å²) >= 11 is 0. The first-order valence-electron chi connectivity index (χ1n) is 7.51. The first-order valence-corrected chi connectivity index (χ1v) is 7.51. The molecule has 106 valence electrons. The summed E-state index contributed by atoms with van der Waals surface area (Å²) in [6.45, 7) is 7.89. The molecule has 1 aromatic rings. The van der Waals surface area contributed by atoms with E-state index in [1.807, 2.05) is 0 Å². The van der Waals surface area contributed by atoms with Gasteiger partial charge in [-0.1, -0.05) is 26.0 Å². The van der Waals surface area contributed by atoms with Crippen molar-refractivity contribution in [3.05, 3.63) is 29.8 Å². The van der Waals surface area contributed by atoms with E-state index < -0.39 is 0 Å². The second kappa shape index (κ2) is 6.92. The molecule has 0 saturated carbocycles. The van der Waals surface area contributed by atoms with Crippen LogP contribution in [0, 0.1) is 0 Å². The molecule has 3 heteroatoms. The van der Waals surface area contributed by atoms with Gasteiger partial charge in [0.2, 0.25) is 0 Å². The summed E-state index contributed by atoms with van der Waals surface area (Å²) < 4.78 is 0. The maximum atomic E-state index is 9.44. The normalized spacial score (nSPS) is 20.9. The molecule has 1 heterocycles. The smallest absolute Gasteiger partial charge is 0.115 e. The van der Waals surface area contributed by atoms with Crippen molar-refractivity contribution in [1.82, 2.24) is 10.2 Å². The number of hydrogen-bond acceptors (Lipinski definition) is 3. The third kappa shape index (κ3) is 3.48. The molecule has 2 N–H and O–H groups in total. The second-order valence-corrected chi connectivity index (χ2v) is 5.40. The molecule has 2 atom stereocenters. The number of phenols is 1. The Labute approximate surface area is 116 Å². The molecule has 1 aliphatic heterocycles. The number of benzene rings is 1. The van der Waals surface area contributed by atoms with E-state index in [9.17, 15) is 5.11 Å². The summed E-state index contributed by atoms with van der Waals surface area (Å²) in [7, 11) is 0. The van der Waals surface area contributed by atoms with Gasteiger partial charge in [0.05, 0.1) is 0 Å². The van der Waals surface area contributed by atoms with Crippen molar-refractivity contribution in [3.63, 3.8) is 0 Å². The quantitative estimate of drug-likeness (QED) is 0.827. The van der Waals surface area contributed by atoms with Crippen molar-refractivity contribution in [2.75, 3.05) is 19.6 Å². The zero-order chi connectivity index (χ0) is 13.7. The Morgan fingerprint density at radius 2 is 2.05 bits per heavy atom. The Bertz CT molecular complexity index is 371. The summed E-state index contributed by atoms with van der Waals surface area (Å²) in [5.74, 6) is 0.350. The van der Waals surface area contributed by atoms with Crippen LogP contribution >= 0.6 is 0 Å². The third-order valence-electron chi connectivity index (χ3n) is 4.05. The van der Waals surface area contributed by atoms with Crippen molar-refractivity contribution in [2.24, 2.45) is 0 Å². The number of rotatable bonds is 6. The minimum Gasteiger partial charge on any atom is -0.508 e. The molecule has 0 amide bonds. The summed E-state index contributed by atoms with van der Waals surface area (Å²) in [6, 6.07) is 8.84. The molecule has 2 rings (SSSR count). The average molecular weight is 262 g/mol. The van der Waals surface area contributed by atoms with Crippen molar-refractivity contribution in [2.45, 2.75) is 45.2 Å². The number of nitrogens with zero attached hydrogens (tertiary/aromatic N) is 1. The molecule has 0 aromatic heterocycles. The standard InChI is InChI=1S/C16H26N2O/c1-3-11-18(14-9-10-17-12-14)16(4-2)13-5-7-15(19)8-6-13/h5-8,14,16-17,19H,3-4,9-12H2,1-2H3. The monoisotopic (exact) mass is 262 g/mol. The van der Waals surface area contributed by atoms with Gasteiger partial charge < -0.3 is 10.4 Å². The Kier molecular flexibility index (Phi) is 5.23. The van der Waals surface area contributed by atoms with Crippen LogP contribution in [-0.4, -0.2) is 35.7 Å². The van der Waals surface area contributed by atoms with E-state index in [1.54, 1.807) is 12.1 Å². The molecule has 1 aliphatic rings. The summed E-state index contributed by atoms with van der Waals surface area (Å²) in [6.07, 6.45) is 3.54. The Hall–Kier alpha value is -1.06. The van der Waals surface area contributed by atoms with Gasteiger partial charge in [0.1, 0.15) is 5.75 Å². The Balaban J connectivity index is 2.18. The predicted molar refractivity (Wildman–Crippen MR) is 79.4 cm³/mol. The number of aromatic hydroxyl groups is 1. The summed E-state index contributed by atoms with van der Waals surface area (Å²) in [5, 5.41) is 12.9. The Morgan fingerprint density at radius 3 is 2.58 bits per heavy atom. The van der Waals surface area contributed by atoms with E-state index in [4.69, 9.17) is 0 Å². The van der Waals surface area contributed by atoms with Gasteiger partial charge in [-0.15, -0.1) is 0 Å². The lowest BCUT2D eigenvalue weighted by molar-refractivity contribution is 0.138. The second-order valence-electron chi connectivity index (χ2n) is 5.40. The molecular formula is C16H26N2O. The van der Waals surface area contributed by atoms with E-state index >= 15 is 0 Å². The lowest BCUT2D eigenvalue weighted by Crippen LogP contribution is -2.40. The Morgan fingerprint density at radius 1 is 1.32 bits per heavy atom. The maximum Gasteiger partial charge on any atom is 0.115 e. The van der Waals surface area contributed by atoms with Crippen LogP contribution in [0.4, 0.5) is 0 Å². The first-order chi connectivity index (χ1) is 9.26. The van der Waals surface area contributed by atoms with Crippen LogP contribution in [0.15, 0.2) is 24.3 Å². The van der Waals surface area contributed by atoms with Crippen LogP contribution < -0.4 is 5.32 Å². The zero-order valence-corrected chi connectivity index (χ0v) is 12.1. The number of phenolic OH excluding ortho intramolecular Hbond substituents is 1. The summed E-state index contributed by atoms with van der Waals surface area (Å²) in [5.41, 5.74) is 1.32. The van der Waals surface area contributed by atoms with Crippen LogP contribution in [0.5, 0.6) is 5.75 Å². The van der Waals surface area contributed by atoms with Gasteiger partial charge in [-0.25, -0.2) is 0 Å². The molecule has 0 aliphatic carbocycles. The lowest BCUT2D eigenvalue weighted by atomic mass is 10.00. The van der Waals surface area contributed by atoms with E-state index in [2.05, 4.69) is 36.2 Å². The van der Waals surface area contributed by atoms with E-state index in [0.29, 0.717) is 17.8 Å². The van der Waals surface area contributed by atoms with Crippen LogP contribution in [-0.2, 0) is 0 Å². The number of hydrogen-bond donors (Lipinski definition) is 2. The topological polar surface area (TPSA) is 35.5 Å². The van der Waals surface area contributed by atoms with Crippen LogP contribution in [0.1, 0.15) is 44.7 Å². The molecular weight excluding hydrogens is 236 g/mol. The van der Waals surface area contributed by atoms with Gasteiger partial charge in [-0.05, 0) is 50.0 Å². The molecule has 2 unspecified atom stereocenters. The fraction of sp³-hybridized carbons (Fsp3) is 0.625. The van der Waals surface area contributed by atoms with Gasteiger partial charge in [-0.2, -0.15) is 0 Å². The van der Waals surface area contributed by atoms with Crippen molar-refractivity contribution < 1.29 is 5.11 Å². The highest BCUT2D eigenvalue weighted by Gasteiger charge is 2.27. The molecule has 0 radical (unpaired) electrons. The minimum atomic E-state index is 0.350. The van der Waals surface area contributed by atoms with Crippen molar-refractivity contribution in [3.8, 4) is 5.75 Å². The van der Waals surface area contributed by atoms with Gasteiger partial charge >= 0.3 is 0 Å². The van der Waals surface area contributed by atoms with Crippen LogP contribution in [0.25, 0.3) is 0 Å². The van der Waals surface area contributed by atoms with Gasteiger partial charge in [-0.3, -0.25) is 4.90 Å². The van der Waals surface area contributed by atoms with E-state index in [-0.39, 0.29) is 0 Å². The zero-order valence-electron chi connectivity index (χ0n) is 12.1. The molecule has 19 heavy (non-hydrogen) atoms. The van der Waals surface area contributed by atoms with Crippen molar-refractivity contribution >= 4 is 0 Å². The van der Waals surface area contributed by atoms with E-state index in [0.717, 1.165) is 26.1 Å².